The van der Waals surface area contributed by atoms with E-state index < -0.39 is 5.60 Å². The van der Waals surface area contributed by atoms with Gasteiger partial charge in [-0.1, -0.05) is 0 Å². The van der Waals surface area contributed by atoms with Crippen LogP contribution in [0.2, 0.25) is 0 Å². The average molecular weight is 226 g/mol. The summed E-state index contributed by atoms with van der Waals surface area (Å²) in [5, 5.41) is 3.39. The van der Waals surface area contributed by atoms with Crippen LogP contribution in [0.15, 0.2) is 0 Å². The number of hydrogen-bond acceptors (Lipinski definition) is 3. The van der Waals surface area contributed by atoms with Crippen molar-refractivity contribution in [1.82, 2.24) is 10.2 Å². The summed E-state index contributed by atoms with van der Waals surface area (Å²) in [6, 6.07) is 0.336. The standard InChI is InChI=1S/C12H22N2O2/c1-12(2,3)16-11(15)14-5-4-9-6-10(14)8-13-7-9/h9-10,13H,4-8H2,1-3H3/t9-,10-/m0/s1. The van der Waals surface area contributed by atoms with Gasteiger partial charge >= 0.3 is 6.09 Å². The molecule has 0 aromatic carbocycles. The Kier molecular flexibility index (Phi) is 3.10. The number of carbonyl (C=O) groups is 1. The number of carbonyl (C=O) groups excluding carboxylic acids is 1. The Balaban J connectivity index is 1.96. The van der Waals surface area contributed by atoms with Gasteiger partial charge in [0.25, 0.3) is 0 Å². The lowest BCUT2D eigenvalue weighted by Gasteiger charge is -2.43. The molecule has 0 aromatic rings. The van der Waals surface area contributed by atoms with Gasteiger partial charge in [0.1, 0.15) is 5.60 Å². The Morgan fingerprint density at radius 1 is 1.38 bits per heavy atom. The van der Waals surface area contributed by atoms with Crippen molar-refractivity contribution >= 4 is 6.09 Å². The normalized spacial score (nSPS) is 30.1. The Hall–Kier alpha value is -0.770. The quantitative estimate of drug-likeness (QED) is 0.682. The number of fused-ring (bicyclic) bond motifs is 2. The van der Waals surface area contributed by atoms with Gasteiger partial charge in [-0.2, -0.15) is 0 Å². The first-order chi connectivity index (χ1) is 7.46. The second-order valence-electron chi connectivity index (χ2n) is 5.88. The molecule has 2 rings (SSSR count). The topological polar surface area (TPSA) is 41.6 Å². The zero-order valence-corrected chi connectivity index (χ0v) is 10.5. The highest BCUT2D eigenvalue weighted by atomic mass is 16.6. The number of amides is 1. The summed E-state index contributed by atoms with van der Waals surface area (Å²) in [5.74, 6) is 0.748. The van der Waals surface area contributed by atoms with Gasteiger partial charge in [-0.3, -0.25) is 0 Å². The van der Waals surface area contributed by atoms with E-state index in [-0.39, 0.29) is 6.09 Å². The van der Waals surface area contributed by atoms with Crippen molar-refractivity contribution < 1.29 is 9.53 Å². The predicted molar refractivity (Wildman–Crippen MR) is 62.3 cm³/mol. The predicted octanol–water partition coefficient (Wildman–Crippen LogP) is 1.61. The van der Waals surface area contributed by atoms with Crippen LogP contribution in [0, 0.1) is 5.92 Å². The minimum atomic E-state index is -0.393. The van der Waals surface area contributed by atoms with Crippen molar-refractivity contribution in [1.29, 1.82) is 0 Å². The van der Waals surface area contributed by atoms with E-state index in [2.05, 4.69) is 5.32 Å². The van der Waals surface area contributed by atoms with E-state index >= 15 is 0 Å². The number of rotatable bonds is 0. The van der Waals surface area contributed by atoms with Crippen LogP contribution in [0.1, 0.15) is 33.6 Å². The smallest absolute Gasteiger partial charge is 0.410 e. The minimum absolute atomic E-state index is 0.153. The van der Waals surface area contributed by atoms with Gasteiger partial charge in [-0.25, -0.2) is 4.79 Å². The van der Waals surface area contributed by atoms with Gasteiger partial charge < -0.3 is 15.0 Å². The molecule has 4 nitrogen and oxygen atoms in total. The molecule has 2 heterocycles. The van der Waals surface area contributed by atoms with Crippen LogP contribution in [0.3, 0.4) is 0 Å². The largest absolute Gasteiger partial charge is 0.444 e. The van der Waals surface area contributed by atoms with Crippen molar-refractivity contribution in [3.05, 3.63) is 0 Å². The molecule has 2 fully saturated rings. The fraction of sp³-hybridized carbons (Fsp3) is 0.917. The molecular weight excluding hydrogens is 204 g/mol. The maximum absolute atomic E-state index is 12.0. The maximum atomic E-state index is 12.0. The van der Waals surface area contributed by atoms with Crippen LogP contribution >= 0.6 is 0 Å². The molecule has 1 amide bonds. The molecule has 0 aromatic heterocycles. The summed E-state index contributed by atoms with van der Waals surface area (Å²) in [6.07, 6.45) is 2.08. The van der Waals surface area contributed by atoms with Crippen LogP contribution < -0.4 is 5.32 Å². The first-order valence-corrected chi connectivity index (χ1v) is 6.16. The summed E-state index contributed by atoms with van der Waals surface area (Å²) in [5.41, 5.74) is -0.393. The van der Waals surface area contributed by atoms with Crippen LogP contribution in [-0.2, 0) is 4.74 Å². The van der Waals surface area contributed by atoms with Crippen LogP contribution in [0.5, 0.6) is 0 Å². The monoisotopic (exact) mass is 226 g/mol. The average Bonchev–Trinajstić information content (AvgIpc) is 2.15. The number of nitrogens with one attached hydrogen (secondary N) is 1. The third-order valence-electron chi connectivity index (χ3n) is 3.27. The number of piperidine rings is 2. The van der Waals surface area contributed by atoms with Crippen molar-refractivity contribution in [2.24, 2.45) is 5.92 Å². The van der Waals surface area contributed by atoms with E-state index in [1.54, 1.807) is 0 Å². The van der Waals surface area contributed by atoms with E-state index in [1.165, 1.54) is 0 Å². The maximum Gasteiger partial charge on any atom is 0.410 e. The summed E-state index contributed by atoms with van der Waals surface area (Å²) in [6.45, 7) is 8.62. The lowest BCUT2D eigenvalue weighted by atomic mass is 9.88. The molecule has 2 aliphatic heterocycles. The molecule has 0 aliphatic carbocycles. The number of hydrogen-bond donors (Lipinski definition) is 1. The molecule has 2 atom stereocenters. The van der Waals surface area contributed by atoms with Gasteiger partial charge in [0, 0.05) is 19.1 Å². The second kappa shape index (κ2) is 4.24. The number of ether oxygens (including phenoxy) is 1. The Labute approximate surface area is 97.3 Å². The van der Waals surface area contributed by atoms with Crippen molar-refractivity contribution in [2.45, 2.75) is 45.3 Å². The fourth-order valence-corrected chi connectivity index (χ4v) is 2.53. The van der Waals surface area contributed by atoms with E-state index in [0.29, 0.717) is 6.04 Å². The molecule has 2 aliphatic rings. The summed E-state index contributed by atoms with van der Waals surface area (Å²) in [4.78, 5) is 13.9. The van der Waals surface area contributed by atoms with Gasteiger partial charge in [-0.05, 0) is 46.1 Å². The van der Waals surface area contributed by atoms with Gasteiger partial charge in [0.15, 0.2) is 0 Å². The lowest BCUT2D eigenvalue weighted by molar-refractivity contribution is -0.000119. The molecule has 2 bridgehead atoms. The van der Waals surface area contributed by atoms with Crippen molar-refractivity contribution in [2.75, 3.05) is 19.6 Å². The first kappa shape index (κ1) is 11.7. The third-order valence-corrected chi connectivity index (χ3v) is 3.27. The van der Waals surface area contributed by atoms with E-state index in [4.69, 9.17) is 4.74 Å². The number of likely N-dealkylation sites (tertiary alicyclic amines) is 1. The Morgan fingerprint density at radius 3 is 2.81 bits per heavy atom. The van der Waals surface area contributed by atoms with Crippen molar-refractivity contribution in [3.63, 3.8) is 0 Å². The first-order valence-electron chi connectivity index (χ1n) is 6.16. The molecule has 0 radical (unpaired) electrons. The molecular formula is C12H22N2O2. The summed E-state index contributed by atoms with van der Waals surface area (Å²) >= 11 is 0. The van der Waals surface area contributed by atoms with E-state index in [9.17, 15) is 4.79 Å². The van der Waals surface area contributed by atoms with Gasteiger partial charge in [0.2, 0.25) is 0 Å². The molecule has 0 spiro atoms. The Morgan fingerprint density at radius 2 is 2.12 bits per heavy atom. The molecule has 0 saturated carbocycles. The van der Waals surface area contributed by atoms with E-state index in [1.807, 2.05) is 25.7 Å². The molecule has 2 saturated heterocycles. The van der Waals surface area contributed by atoms with Crippen LogP contribution in [0.4, 0.5) is 4.79 Å². The lowest BCUT2D eigenvalue weighted by Crippen LogP contribution is -2.56. The highest BCUT2D eigenvalue weighted by Gasteiger charge is 2.36. The SMILES string of the molecule is CC(C)(C)OC(=O)N1CC[C@@H]2CNC[C@@H]1C2. The number of nitrogens with zero attached hydrogens (tertiary/aromatic N) is 1. The molecule has 16 heavy (non-hydrogen) atoms. The molecule has 1 N–H and O–H groups in total. The highest BCUT2D eigenvalue weighted by Crippen LogP contribution is 2.26. The third kappa shape index (κ3) is 2.67. The molecule has 92 valence electrons. The molecule has 0 unspecified atom stereocenters. The second-order valence-corrected chi connectivity index (χ2v) is 5.88. The zero-order valence-electron chi connectivity index (χ0n) is 10.5. The van der Waals surface area contributed by atoms with Crippen LogP contribution in [0.25, 0.3) is 0 Å². The highest BCUT2D eigenvalue weighted by molar-refractivity contribution is 5.68. The summed E-state index contributed by atoms with van der Waals surface area (Å²) in [7, 11) is 0. The van der Waals surface area contributed by atoms with Gasteiger partial charge in [0.05, 0.1) is 0 Å². The minimum Gasteiger partial charge on any atom is -0.444 e. The Bertz CT molecular complexity index is 273. The van der Waals surface area contributed by atoms with Gasteiger partial charge in [-0.15, -0.1) is 0 Å². The van der Waals surface area contributed by atoms with Crippen LogP contribution in [-0.4, -0.2) is 42.3 Å². The van der Waals surface area contributed by atoms with E-state index in [0.717, 1.165) is 38.4 Å². The zero-order chi connectivity index (χ0) is 11.8. The van der Waals surface area contributed by atoms with Crippen molar-refractivity contribution in [3.8, 4) is 0 Å². The summed E-state index contributed by atoms with van der Waals surface area (Å²) < 4.78 is 5.43. The fourth-order valence-electron chi connectivity index (χ4n) is 2.53. The molecule has 4 heteroatoms.